The smallest absolute Gasteiger partial charge is 0.312 e. The number of nitrogens with two attached hydrogens (primary N) is 1. The first kappa shape index (κ1) is 16.4. The van der Waals surface area contributed by atoms with E-state index in [1.807, 2.05) is 35.2 Å². The van der Waals surface area contributed by atoms with Crippen LogP contribution >= 0.6 is 11.6 Å². The van der Waals surface area contributed by atoms with Crippen molar-refractivity contribution < 1.29 is 9.59 Å². The van der Waals surface area contributed by atoms with E-state index in [2.05, 4.69) is 5.32 Å². The lowest BCUT2D eigenvalue weighted by molar-refractivity contribution is 0.0709. The average molecular weight is 347 g/mol. The van der Waals surface area contributed by atoms with Crippen molar-refractivity contribution in [3.63, 3.8) is 0 Å². The van der Waals surface area contributed by atoms with Crippen molar-refractivity contribution in [2.24, 2.45) is 5.73 Å². The van der Waals surface area contributed by atoms with Gasteiger partial charge in [0.1, 0.15) is 0 Å². The molecule has 0 aliphatic carbocycles. The molecule has 0 atom stereocenters. The first-order chi connectivity index (χ1) is 11.5. The van der Waals surface area contributed by atoms with Crippen LogP contribution in [-0.4, -0.2) is 40.5 Å². The number of nitrogens with one attached hydrogen (secondary N) is 1. The van der Waals surface area contributed by atoms with E-state index in [4.69, 9.17) is 17.3 Å². The Hall–Kier alpha value is -2.47. The number of halogens is 1. The summed E-state index contributed by atoms with van der Waals surface area (Å²) in [7, 11) is 0. The maximum absolute atomic E-state index is 12.8. The van der Waals surface area contributed by atoms with Crippen LogP contribution in [0.25, 0.3) is 5.69 Å². The predicted molar refractivity (Wildman–Crippen MR) is 92.4 cm³/mol. The zero-order valence-corrected chi connectivity index (χ0v) is 13.9. The molecule has 0 radical (unpaired) electrons. The fourth-order valence-corrected chi connectivity index (χ4v) is 3.14. The molecule has 24 heavy (non-hydrogen) atoms. The second-order valence-electron chi connectivity index (χ2n) is 5.83. The van der Waals surface area contributed by atoms with E-state index in [1.165, 1.54) is 0 Å². The predicted octanol–water partition coefficient (Wildman–Crippen LogP) is 2.40. The summed E-state index contributed by atoms with van der Waals surface area (Å²) in [5, 5.41) is 3.13. The van der Waals surface area contributed by atoms with Crippen LogP contribution < -0.4 is 11.1 Å². The van der Waals surface area contributed by atoms with E-state index in [0.717, 1.165) is 5.69 Å². The molecule has 1 fully saturated rings. The minimum atomic E-state index is -0.526. The summed E-state index contributed by atoms with van der Waals surface area (Å²) >= 11 is 6.24. The molecule has 0 unspecified atom stereocenters. The van der Waals surface area contributed by atoms with Gasteiger partial charge in [0.25, 0.3) is 5.91 Å². The Bertz CT molecular complexity index is 737. The number of rotatable bonds is 3. The molecule has 3 N–H and O–H groups in total. The first-order valence-electron chi connectivity index (χ1n) is 7.83. The molecular formula is C17H19ClN4O2. The van der Waals surface area contributed by atoms with Gasteiger partial charge < -0.3 is 20.5 Å². The van der Waals surface area contributed by atoms with Crippen molar-refractivity contribution in [3.05, 3.63) is 53.3 Å². The minimum Gasteiger partial charge on any atom is -0.352 e. The number of carbonyl (C=O) groups is 2. The van der Waals surface area contributed by atoms with E-state index < -0.39 is 6.03 Å². The minimum absolute atomic E-state index is 0.0215. The molecule has 3 rings (SSSR count). The molecule has 0 saturated carbocycles. The van der Waals surface area contributed by atoms with E-state index in [9.17, 15) is 9.59 Å². The second-order valence-corrected chi connectivity index (χ2v) is 6.24. The van der Waals surface area contributed by atoms with E-state index in [0.29, 0.717) is 36.5 Å². The number of urea groups is 1. The molecule has 1 aromatic carbocycles. The molecule has 1 saturated heterocycles. The Morgan fingerprint density at radius 3 is 2.46 bits per heavy atom. The highest BCUT2D eigenvalue weighted by Crippen LogP contribution is 2.23. The summed E-state index contributed by atoms with van der Waals surface area (Å²) < 4.78 is 1.93. The summed E-state index contributed by atoms with van der Waals surface area (Å²) in [6.45, 7) is 1.13. The lowest BCUT2D eigenvalue weighted by Crippen LogP contribution is -2.47. The fraction of sp³-hybridized carbons (Fsp3) is 0.294. The van der Waals surface area contributed by atoms with Crippen LogP contribution in [0.2, 0.25) is 5.02 Å². The standard InChI is InChI=1S/C17H19ClN4O2/c18-15-4-3-13(21-7-1-2-8-21)11-14(15)16(23)22-9-5-12(6-10-22)20-17(19)24/h1-4,7-8,11-12H,5-6,9-10H2,(H3,19,20,24). The molecule has 6 nitrogen and oxygen atoms in total. The molecule has 3 amide bonds. The van der Waals surface area contributed by atoms with Gasteiger partial charge in [-0.05, 0) is 43.2 Å². The number of nitrogens with zero attached hydrogens (tertiary/aromatic N) is 2. The number of piperidine rings is 1. The van der Waals surface area contributed by atoms with Crippen LogP contribution in [0.15, 0.2) is 42.7 Å². The Balaban J connectivity index is 1.74. The molecular weight excluding hydrogens is 328 g/mol. The molecule has 126 valence electrons. The lowest BCUT2D eigenvalue weighted by Gasteiger charge is -2.32. The van der Waals surface area contributed by atoms with Crippen LogP contribution in [0, 0.1) is 0 Å². The van der Waals surface area contributed by atoms with Crippen LogP contribution in [0.5, 0.6) is 0 Å². The lowest BCUT2D eigenvalue weighted by atomic mass is 10.0. The molecule has 1 aliphatic heterocycles. The second kappa shape index (κ2) is 6.97. The van der Waals surface area contributed by atoms with Crippen LogP contribution in [0.1, 0.15) is 23.2 Å². The summed E-state index contributed by atoms with van der Waals surface area (Å²) in [4.78, 5) is 25.5. The number of carbonyl (C=O) groups excluding carboxylic acids is 2. The summed E-state index contributed by atoms with van der Waals surface area (Å²) in [5.41, 5.74) is 6.52. The first-order valence-corrected chi connectivity index (χ1v) is 8.20. The summed E-state index contributed by atoms with van der Waals surface area (Å²) in [6.07, 6.45) is 5.20. The quantitative estimate of drug-likeness (QED) is 0.894. The molecule has 0 bridgehead atoms. The number of hydrogen-bond donors (Lipinski definition) is 2. The number of aromatic nitrogens is 1. The van der Waals surface area contributed by atoms with Gasteiger partial charge in [0.05, 0.1) is 10.6 Å². The molecule has 0 spiro atoms. The van der Waals surface area contributed by atoms with Gasteiger partial charge in [0, 0.05) is 37.2 Å². The zero-order chi connectivity index (χ0) is 17.1. The Morgan fingerprint density at radius 1 is 1.17 bits per heavy atom. The van der Waals surface area contributed by atoms with E-state index in [1.54, 1.807) is 17.0 Å². The van der Waals surface area contributed by atoms with Gasteiger partial charge in [-0.2, -0.15) is 0 Å². The van der Waals surface area contributed by atoms with Gasteiger partial charge in [0.2, 0.25) is 0 Å². The number of hydrogen-bond acceptors (Lipinski definition) is 2. The highest BCUT2D eigenvalue weighted by atomic mass is 35.5. The molecule has 2 aromatic rings. The van der Waals surface area contributed by atoms with Gasteiger partial charge in [-0.15, -0.1) is 0 Å². The van der Waals surface area contributed by atoms with Gasteiger partial charge in [0.15, 0.2) is 0 Å². The van der Waals surface area contributed by atoms with E-state index in [-0.39, 0.29) is 11.9 Å². The number of amides is 3. The number of benzene rings is 1. The summed E-state index contributed by atoms with van der Waals surface area (Å²) in [6, 6.07) is 8.76. The van der Waals surface area contributed by atoms with Crippen LogP contribution in [0.3, 0.4) is 0 Å². The molecule has 2 heterocycles. The number of likely N-dealkylation sites (tertiary alicyclic amines) is 1. The van der Waals surface area contributed by atoms with Crippen molar-refractivity contribution >= 4 is 23.5 Å². The Kier molecular flexibility index (Phi) is 4.76. The highest BCUT2D eigenvalue weighted by molar-refractivity contribution is 6.33. The maximum atomic E-state index is 12.8. The van der Waals surface area contributed by atoms with Crippen molar-refractivity contribution in [1.82, 2.24) is 14.8 Å². The molecule has 1 aromatic heterocycles. The monoisotopic (exact) mass is 346 g/mol. The third-order valence-corrected chi connectivity index (χ3v) is 4.54. The third-order valence-electron chi connectivity index (χ3n) is 4.21. The highest BCUT2D eigenvalue weighted by Gasteiger charge is 2.25. The largest absolute Gasteiger partial charge is 0.352 e. The SMILES string of the molecule is NC(=O)NC1CCN(C(=O)c2cc(-n3cccc3)ccc2Cl)CC1. The van der Waals surface area contributed by atoms with Gasteiger partial charge >= 0.3 is 6.03 Å². The van der Waals surface area contributed by atoms with Crippen molar-refractivity contribution in [2.75, 3.05) is 13.1 Å². The Labute approximate surface area is 145 Å². The average Bonchev–Trinajstić information content (AvgIpc) is 3.09. The number of primary amides is 1. The summed E-state index contributed by atoms with van der Waals surface area (Å²) in [5.74, 6) is -0.0912. The van der Waals surface area contributed by atoms with Crippen molar-refractivity contribution in [1.29, 1.82) is 0 Å². The normalized spacial score (nSPS) is 15.3. The van der Waals surface area contributed by atoms with Crippen LogP contribution in [0.4, 0.5) is 4.79 Å². The van der Waals surface area contributed by atoms with Crippen LogP contribution in [-0.2, 0) is 0 Å². The zero-order valence-electron chi connectivity index (χ0n) is 13.1. The molecule has 7 heteroatoms. The fourth-order valence-electron chi connectivity index (χ4n) is 2.94. The van der Waals surface area contributed by atoms with Crippen molar-refractivity contribution in [3.8, 4) is 5.69 Å². The Morgan fingerprint density at radius 2 is 1.83 bits per heavy atom. The van der Waals surface area contributed by atoms with Gasteiger partial charge in [-0.25, -0.2) is 4.79 Å². The maximum Gasteiger partial charge on any atom is 0.312 e. The molecule has 1 aliphatic rings. The van der Waals surface area contributed by atoms with Gasteiger partial charge in [-0.3, -0.25) is 4.79 Å². The van der Waals surface area contributed by atoms with Crippen molar-refractivity contribution in [2.45, 2.75) is 18.9 Å². The van der Waals surface area contributed by atoms with E-state index >= 15 is 0 Å². The third kappa shape index (κ3) is 3.54. The topological polar surface area (TPSA) is 80.4 Å². The van der Waals surface area contributed by atoms with Gasteiger partial charge in [-0.1, -0.05) is 11.6 Å².